The lowest BCUT2D eigenvalue weighted by Crippen LogP contribution is -2.44. The Morgan fingerprint density at radius 2 is 1.13 bits per heavy atom. The number of aliphatic hydroxyl groups is 1. The molecule has 0 aliphatic heterocycles. The summed E-state index contributed by atoms with van der Waals surface area (Å²) in [6.45, 7) is 0.890. The number of ether oxygens (including phenoxy) is 3. The largest absolute Gasteiger partial charge is 0.388 e. The zero-order valence-electron chi connectivity index (χ0n) is 8.26. The third kappa shape index (κ3) is 7.25. The molecule has 0 radical (unpaired) electrons. The summed E-state index contributed by atoms with van der Waals surface area (Å²) in [5.74, 6) is -1.34. The summed E-state index contributed by atoms with van der Waals surface area (Å²) in [7, 11) is 0. The van der Waals surface area contributed by atoms with Gasteiger partial charge in [-0.1, -0.05) is 47.8 Å². The Morgan fingerprint density at radius 1 is 0.800 bits per heavy atom. The molecular weight excluding hydrogens is 400 g/mol. The van der Waals surface area contributed by atoms with Gasteiger partial charge in [0.1, 0.15) is 6.61 Å². The normalized spacial score (nSPS) is 12.0. The van der Waals surface area contributed by atoms with Gasteiger partial charge < -0.3 is 19.3 Å². The van der Waals surface area contributed by atoms with Crippen LogP contribution >= 0.6 is 47.8 Å². The zero-order valence-corrected chi connectivity index (χ0v) is 13.0. The summed E-state index contributed by atoms with van der Waals surface area (Å²) in [5, 5.41) is 11.2. The maximum absolute atomic E-state index is 9.24. The lowest BCUT2D eigenvalue weighted by atomic mass is 10.5. The summed E-state index contributed by atoms with van der Waals surface area (Å²) in [6.07, 6.45) is 0. The molecule has 0 aromatic carbocycles. The van der Waals surface area contributed by atoms with E-state index in [-0.39, 0.29) is 6.61 Å². The maximum atomic E-state index is 9.24. The molecule has 7 heteroatoms. The number of aliphatic hydroxyl groups excluding tert-OH is 1. The molecule has 92 valence electrons. The first-order valence-electron chi connectivity index (χ1n) is 4.45. The fourth-order valence-electron chi connectivity index (χ4n) is 0.844. The summed E-state index contributed by atoms with van der Waals surface area (Å²) in [5.41, 5.74) is 0. The predicted octanol–water partition coefficient (Wildman–Crippen LogP) is 1.87. The van der Waals surface area contributed by atoms with Gasteiger partial charge in [-0.05, 0) is 0 Å². The van der Waals surface area contributed by atoms with E-state index in [4.69, 9.17) is 14.2 Å². The van der Waals surface area contributed by atoms with Crippen molar-refractivity contribution >= 4 is 47.8 Å². The van der Waals surface area contributed by atoms with Crippen LogP contribution in [0.1, 0.15) is 0 Å². The molecule has 1 N–H and O–H groups in total. The van der Waals surface area contributed by atoms with Crippen molar-refractivity contribution in [2.24, 2.45) is 0 Å². The van der Waals surface area contributed by atoms with Gasteiger partial charge in [-0.2, -0.15) is 0 Å². The first-order valence-corrected chi connectivity index (χ1v) is 7.81. The van der Waals surface area contributed by atoms with E-state index in [0.29, 0.717) is 35.8 Å². The molecule has 0 bridgehead atoms. The zero-order chi connectivity index (χ0) is 11.6. The van der Waals surface area contributed by atoms with Crippen LogP contribution in [0.25, 0.3) is 0 Å². The smallest absolute Gasteiger partial charge is 0.307 e. The fraction of sp³-hybridized carbons (Fsp3) is 1.00. The van der Waals surface area contributed by atoms with Crippen molar-refractivity contribution in [1.29, 1.82) is 0 Å². The molecule has 15 heavy (non-hydrogen) atoms. The van der Waals surface area contributed by atoms with Crippen LogP contribution in [0.4, 0.5) is 0 Å². The standard InChI is InChI=1S/C8H15Br3O4/c9-1-4-13-8(7-12,14-5-2-10)15-6-3-11/h12H,1-7H2. The molecule has 0 unspecified atom stereocenters. The number of hydrogen-bond donors (Lipinski definition) is 1. The summed E-state index contributed by atoms with van der Waals surface area (Å²) >= 11 is 9.69. The molecule has 0 saturated heterocycles. The Balaban J connectivity index is 4.16. The first-order chi connectivity index (χ1) is 7.24. The highest BCUT2D eigenvalue weighted by Gasteiger charge is 2.32. The topological polar surface area (TPSA) is 47.9 Å². The lowest BCUT2D eigenvalue weighted by Gasteiger charge is -2.30. The third-order valence-corrected chi connectivity index (χ3v) is 2.36. The Bertz CT molecular complexity index is 126. The number of rotatable bonds is 10. The van der Waals surface area contributed by atoms with Gasteiger partial charge in [-0.3, -0.25) is 0 Å². The van der Waals surface area contributed by atoms with E-state index >= 15 is 0 Å². The van der Waals surface area contributed by atoms with Crippen LogP contribution in [0.15, 0.2) is 0 Å². The van der Waals surface area contributed by atoms with E-state index in [1.807, 2.05) is 0 Å². The van der Waals surface area contributed by atoms with Crippen molar-refractivity contribution in [2.45, 2.75) is 5.97 Å². The predicted molar refractivity (Wildman–Crippen MR) is 69.1 cm³/mol. The molecule has 0 aliphatic rings. The molecule has 0 saturated carbocycles. The van der Waals surface area contributed by atoms with Crippen LogP contribution < -0.4 is 0 Å². The van der Waals surface area contributed by atoms with Crippen LogP contribution in [0.5, 0.6) is 0 Å². The minimum absolute atomic E-state index is 0.333. The van der Waals surface area contributed by atoms with Gasteiger partial charge in [0, 0.05) is 16.0 Å². The monoisotopic (exact) mass is 412 g/mol. The van der Waals surface area contributed by atoms with E-state index in [1.165, 1.54) is 0 Å². The highest BCUT2D eigenvalue weighted by atomic mass is 79.9. The van der Waals surface area contributed by atoms with E-state index in [9.17, 15) is 5.11 Å². The molecule has 0 atom stereocenters. The second-order valence-electron chi connectivity index (χ2n) is 2.45. The molecule has 0 rings (SSSR count). The first kappa shape index (κ1) is 16.3. The summed E-state index contributed by atoms with van der Waals surface area (Å²) in [4.78, 5) is 0. The quantitative estimate of drug-likeness (QED) is 0.438. The second kappa shape index (κ2) is 10.4. The number of halogens is 3. The molecular formula is C8H15Br3O4. The lowest BCUT2D eigenvalue weighted by molar-refractivity contribution is -0.386. The van der Waals surface area contributed by atoms with Gasteiger partial charge >= 0.3 is 5.97 Å². The van der Waals surface area contributed by atoms with Crippen molar-refractivity contribution in [1.82, 2.24) is 0 Å². The van der Waals surface area contributed by atoms with Gasteiger partial charge in [0.05, 0.1) is 19.8 Å². The van der Waals surface area contributed by atoms with Crippen LogP contribution in [0.2, 0.25) is 0 Å². The van der Waals surface area contributed by atoms with Gasteiger partial charge in [0.2, 0.25) is 0 Å². The van der Waals surface area contributed by atoms with Gasteiger partial charge in [0.15, 0.2) is 0 Å². The number of alkyl halides is 3. The molecule has 0 heterocycles. The molecule has 0 spiro atoms. The highest BCUT2D eigenvalue weighted by molar-refractivity contribution is 9.09. The van der Waals surface area contributed by atoms with Crippen molar-refractivity contribution in [3.63, 3.8) is 0 Å². The summed E-state index contributed by atoms with van der Waals surface area (Å²) < 4.78 is 16.0. The van der Waals surface area contributed by atoms with Crippen LogP contribution in [0, 0.1) is 0 Å². The van der Waals surface area contributed by atoms with E-state index in [0.717, 1.165) is 0 Å². The minimum Gasteiger partial charge on any atom is -0.388 e. The van der Waals surface area contributed by atoms with Crippen molar-refractivity contribution in [3.8, 4) is 0 Å². The Morgan fingerprint density at radius 3 is 1.33 bits per heavy atom. The molecule has 0 fully saturated rings. The van der Waals surface area contributed by atoms with Gasteiger partial charge in [-0.25, -0.2) is 0 Å². The maximum Gasteiger partial charge on any atom is 0.307 e. The van der Waals surface area contributed by atoms with E-state index in [2.05, 4.69) is 47.8 Å². The van der Waals surface area contributed by atoms with Gasteiger partial charge in [0.25, 0.3) is 0 Å². The average molecular weight is 415 g/mol. The Labute approximate surface area is 115 Å². The Kier molecular flexibility index (Phi) is 11.3. The SMILES string of the molecule is OCC(OCCBr)(OCCBr)OCCBr. The molecule has 0 aliphatic carbocycles. The minimum atomic E-state index is -1.34. The number of hydrogen-bond acceptors (Lipinski definition) is 4. The molecule has 4 nitrogen and oxygen atoms in total. The van der Waals surface area contributed by atoms with Crippen LogP contribution in [-0.2, 0) is 14.2 Å². The Hall–Kier alpha value is 1.28. The third-order valence-electron chi connectivity index (χ3n) is 1.39. The van der Waals surface area contributed by atoms with E-state index in [1.54, 1.807) is 0 Å². The molecule has 0 aromatic heterocycles. The second-order valence-corrected chi connectivity index (χ2v) is 4.83. The van der Waals surface area contributed by atoms with Crippen molar-refractivity contribution in [2.75, 3.05) is 42.4 Å². The highest BCUT2D eigenvalue weighted by Crippen LogP contribution is 2.15. The van der Waals surface area contributed by atoms with Crippen LogP contribution in [0.3, 0.4) is 0 Å². The fourth-order valence-corrected chi connectivity index (χ4v) is 1.33. The van der Waals surface area contributed by atoms with E-state index < -0.39 is 5.97 Å². The van der Waals surface area contributed by atoms with Crippen molar-refractivity contribution < 1.29 is 19.3 Å². The summed E-state index contributed by atoms with van der Waals surface area (Å²) in [6, 6.07) is 0. The van der Waals surface area contributed by atoms with Crippen LogP contribution in [-0.4, -0.2) is 53.5 Å². The van der Waals surface area contributed by atoms with Crippen molar-refractivity contribution in [3.05, 3.63) is 0 Å². The van der Waals surface area contributed by atoms with Gasteiger partial charge in [-0.15, -0.1) is 0 Å². The molecule has 0 aromatic rings. The molecule has 0 amide bonds. The average Bonchev–Trinajstić information content (AvgIpc) is 2.29.